The number of hydrogen-bond acceptors (Lipinski definition) is 7. The lowest BCUT2D eigenvalue weighted by Crippen LogP contribution is -2.44. The zero-order valence-electron chi connectivity index (χ0n) is 19.3. The maximum absolute atomic E-state index is 11.4. The molecule has 0 aliphatic carbocycles. The molecular formula is C25H28N4O6. The summed E-state index contributed by atoms with van der Waals surface area (Å²) < 4.78 is 0. The molecule has 3 N–H and O–H groups in total. The number of rotatable bonds is 6. The van der Waals surface area contributed by atoms with Crippen molar-refractivity contribution < 1.29 is 29.7 Å². The highest BCUT2D eigenvalue weighted by atomic mass is 16.4. The number of hydrogen-bond donors (Lipinski definition) is 3. The lowest BCUT2D eigenvalue weighted by molar-refractivity contribution is -0.140. The Hall–Kier alpha value is -3.78. The first kappa shape index (κ1) is 25.8. The van der Waals surface area contributed by atoms with Gasteiger partial charge < -0.3 is 15.3 Å². The highest BCUT2D eigenvalue weighted by molar-refractivity contribution is 5.70. The molecule has 0 radical (unpaired) electrons. The minimum Gasteiger partial charge on any atom is -0.480 e. The van der Waals surface area contributed by atoms with E-state index in [2.05, 4.69) is 16.8 Å². The van der Waals surface area contributed by atoms with Gasteiger partial charge in [0.25, 0.3) is 0 Å². The van der Waals surface area contributed by atoms with Crippen LogP contribution in [0.25, 0.3) is 0 Å². The zero-order chi connectivity index (χ0) is 25.2. The van der Waals surface area contributed by atoms with Crippen LogP contribution in [0.1, 0.15) is 22.5 Å². The van der Waals surface area contributed by atoms with E-state index in [1.807, 2.05) is 30.3 Å². The second kappa shape index (κ2) is 12.6. The molecule has 3 rings (SSSR count). The predicted octanol–water partition coefficient (Wildman–Crippen LogP) is 0.655. The van der Waals surface area contributed by atoms with Gasteiger partial charge in [0.1, 0.15) is 0 Å². The van der Waals surface area contributed by atoms with Crippen molar-refractivity contribution >= 4 is 17.9 Å². The fraction of sp³-hybridized carbons (Fsp3) is 0.360. The lowest BCUT2D eigenvalue weighted by atomic mass is 10.1. The van der Waals surface area contributed by atoms with Gasteiger partial charge >= 0.3 is 17.9 Å². The van der Waals surface area contributed by atoms with E-state index in [9.17, 15) is 29.7 Å². The van der Waals surface area contributed by atoms with E-state index in [1.165, 1.54) is 0 Å². The van der Waals surface area contributed by atoms with Gasteiger partial charge in [-0.2, -0.15) is 0 Å². The maximum Gasteiger partial charge on any atom is 0.317 e. The van der Waals surface area contributed by atoms with Crippen molar-refractivity contribution in [3.05, 3.63) is 65.0 Å². The van der Waals surface area contributed by atoms with Gasteiger partial charge in [0.05, 0.1) is 31.0 Å². The van der Waals surface area contributed by atoms with E-state index in [0.29, 0.717) is 43.1 Å². The minimum absolute atomic E-state index is 0.218. The molecule has 0 saturated heterocycles. The lowest BCUT2D eigenvalue weighted by Gasteiger charge is -2.29. The van der Waals surface area contributed by atoms with Gasteiger partial charge in [-0.25, -0.2) is 0 Å². The quantitative estimate of drug-likeness (QED) is 0.506. The molecule has 2 aromatic rings. The summed E-state index contributed by atoms with van der Waals surface area (Å²) >= 11 is 0. The van der Waals surface area contributed by atoms with Crippen LogP contribution in [-0.2, 0) is 27.5 Å². The number of carboxylic acid groups (broad SMARTS) is 3. The topological polar surface area (TPSA) is 135 Å². The Morgan fingerprint density at radius 1 is 0.686 bits per heavy atom. The van der Waals surface area contributed by atoms with Crippen LogP contribution in [0.2, 0.25) is 0 Å². The van der Waals surface area contributed by atoms with Crippen LogP contribution in [0.5, 0.6) is 0 Å². The molecule has 1 aliphatic rings. The highest BCUT2D eigenvalue weighted by Crippen LogP contribution is 2.13. The van der Waals surface area contributed by atoms with E-state index in [4.69, 9.17) is 0 Å². The normalized spacial score (nSPS) is 15.8. The van der Waals surface area contributed by atoms with Crippen LogP contribution in [0.4, 0.5) is 0 Å². The molecule has 35 heavy (non-hydrogen) atoms. The summed E-state index contributed by atoms with van der Waals surface area (Å²) in [6.07, 6.45) is 0. The van der Waals surface area contributed by atoms with Gasteiger partial charge in [0.15, 0.2) is 0 Å². The van der Waals surface area contributed by atoms with Crippen molar-refractivity contribution in [2.24, 2.45) is 0 Å². The number of aromatic nitrogens is 1. The van der Waals surface area contributed by atoms with Gasteiger partial charge in [0, 0.05) is 50.4 Å². The van der Waals surface area contributed by atoms with Crippen molar-refractivity contribution in [2.75, 3.05) is 45.8 Å². The van der Waals surface area contributed by atoms with E-state index in [0.717, 1.165) is 5.56 Å². The summed E-state index contributed by atoms with van der Waals surface area (Å²) in [7, 11) is 0. The van der Waals surface area contributed by atoms with Crippen LogP contribution in [0, 0.1) is 11.8 Å². The summed E-state index contributed by atoms with van der Waals surface area (Å²) in [5, 5.41) is 28.0. The number of aliphatic carboxylic acids is 3. The van der Waals surface area contributed by atoms with E-state index >= 15 is 0 Å². The molecule has 2 bridgehead atoms. The van der Waals surface area contributed by atoms with Crippen molar-refractivity contribution in [1.29, 1.82) is 0 Å². The Morgan fingerprint density at radius 3 is 1.60 bits per heavy atom. The molecule has 0 atom stereocenters. The Kier molecular flexibility index (Phi) is 9.31. The molecular weight excluding hydrogens is 452 g/mol. The number of fused-ring (bicyclic) bond motifs is 2. The predicted molar refractivity (Wildman–Crippen MR) is 127 cm³/mol. The molecule has 184 valence electrons. The number of carbonyl (C=O) groups is 3. The average Bonchev–Trinajstić information content (AvgIpc) is 2.78. The van der Waals surface area contributed by atoms with Crippen molar-refractivity contribution in [1.82, 2.24) is 19.7 Å². The number of pyridine rings is 1. The van der Waals surface area contributed by atoms with Gasteiger partial charge in [-0.1, -0.05) is 30.0 Å². The van der Waals surface area contributed by atoms with Crippen molar-refractivity contribution in [3.8, 4) is 11.8 Å². The second-order valence-electron chi connectivity index (χ2n) is 8.33. The first-order chi connectivity index (χ1) is 16.8. The van der Waals surface area contributed by atoms with Gasteiger partial charge in [-0.3, -0.25) is 34.1 Å². The SMILES string of the molecule is O=C(O)CN1CCN(CC(=O)O)Cc2cc(C#Cc3ccccc3)cc(n2)CN(CC(=O)O)CC1. The van der Waals surface area contributed by atoms with E-state index < -0.39 is 17.9 Å². The van der Waals surface area contributed by atoms with Gasteiger partial charge in [0.2, 0.25) is 0 Å². The first-order valence-corrected chi connectivity index (χ1v) is 11.2. The maximum atomic E-state index is 11.4. The third-order valence-corrected chi connectivity index (χ3v) is 5.37. The number of nitrogens with zero attached hydrogens (tertiary/aromatic N) is 4. The molecule has 0 fully saturated rings. The summed E-state index contributed by atoms with van der Waals surface area (Å²) in [5.74, 6) is 3.25. The summed E-state index contributed by atoms with van der Waals surface area (Å²) in [4.78, 5) is 44.0. The van der Waals surface area contributed by atoms with Gasteiger partial charge in [-0.05, 0) is 24.3 Å². The van der Waals surface area contributed by atoms with E-state index in [1.54, 1.807) is 26.8 Å². The zero-order valence-corrected chi connectivity index (χ0v) is 19.3. The van der Waals surface area contributed by atoms with Crippen LogP contribution < -0.4 is 0 Å². The van der Waals surface area contributed by atoms with Crippen LogP contribution >= 0.6 is 0 Å². The molecule has 0 spiro atoms. The molecule has 0 unspecified atom stereocenters. The Bertz CT molecular complexity index is 1060. The standard InChI is InChI=1S/C25H28N4O6/c30-23(31)16-27-8-10-28(17-24(32)33)14-21-12-20(7-6-19-4-2-1-3-5-19)13-22(26-21)15-29(11-9-27)18-25(34)35/h1-5,12-13H,8-11,14-18H2,(H,30,31)(H,32,33)(H,34,35). The molecule has 1 aromatic heterocycles. The third-order valence-electron chi connectivity index (χ3n) is 5.37. The van der Waals surface area contributed by atoms with Crippen molar-refractivity contribution in [2.45, 2.75) is 13.1 Å². The number of carboxylic acids is 3. The molecule has 10 nitrogen and oxygen atoms in total. The summed E-state index contributed by atoms with van der Waals surface area (Å²) in [5.41, 5.74) is 2.77. The molecule has 1 aliphatic heterocycles. The summed E-state index contributed by atoms with van der Waals surface area (Å²) in [6, 6.07) is 13.1. The van der Waals surface area contributed by atoms with Crippen LogP contribution in [0.3, 0.4) is 0 Å². The van der Waals surface area contributed by atoms with Gasteiger partial charge in [-0.15, -0.1) is 0 Å². The monoisotopic (exact) mass is 480 g/mol. The Labute approximate surface area is 203 Å². The summed E-state index contributed by atoms with van der Waals surface area (Å²) in [6.45, 7) is 1.09. The average molecular weight is 481 g/mol. The third kappa shape index (κ3) is 9.17. The highest BCUT2D eigenvalue weighted by Gasteiger charge is 2.20. The molecule has 1 aromatic carbocycles. The fourth-order valence-corrected chi connectivity index (χ4v) is 3.85. The Balaban J connectivity index is 1.95. The molecule has 0 saturated carbocycles. The fourth-order valence-electron chi connectivity index (χ4n) is 3.85. The van der Waals surface area contributed by atoms with Crippen molar-refractivity contribution in [3.63, 3.8) is 0 Å². The smallest absolute Gasteiger partial charge is 0.317 e. The van der Waals surface area contributed by atoms with Crippen LogP contribution in [0.15, 0.2) is 42.5 Å². The van der Waals surface area contributed by atoms with E-state index in [-0.39, 0.29) is 32.7 Å². The largest absolute Gasteiger partial charge is 0.480 e. The first-order valence-electron chi connectivity index (χ1n) is 11.2. The number of benzene rings is 1. The van der Waals surface area contributed by atoms with Crippen LogP contribution in [-0.4, -0.2) is 98.7 Å². The minimum atomic E-state index is -1.000. The second-order valence-corrected chi connectivity index (χ2v) is 8.33. The molecule has 0 amide bonds. The Morgan fingerprint density at radius 2 is 1.11 bits per heavy atom. The molecule has 10 heteroatoms. The molecule has 2 heterocycles.